The Balaban J connectivity index is 1.28. The molecule has 0 saturated heterocycles. The van der Waals surface area contributed by atoms with Crippen molar-refractivity contribution in [2.75, 3.05) is 6.61 Å². The molecule has 4 aromatic rings. The fourth-order valence-corrected chi connectivity index (χ4v) is 5.61. The first-order valence-corrected chi connectivity index (χ1v) is 13.0. The topological polar surface area (TPSA) is 107 Å². The summed E-state index contributed by atoms with van der Waals surface area (Å²) in [4.78, 5) is 18.4. The van der Waals surface area contributed by atoms with Gasteiger partial charge in [-0.15, -0.1) is 5.10 Å². The Morgan fingerprint density at radius 2 is 2.03 bits per heavy atom. The number of halogens is 1. The number of nitrogens with one attached hydrogen (secondary N) is 1. The molecule has 2 aliphatic carbocycles. The van der Waals surface area contributed by atoms with Crippen LogP contribution in [0.2, 0.25) is 0 Å². The van der Waals surface area contributed by atoms with E-state index in [0.29, 0.717) is 27.4 Å². The van der Waals surface area contributed by atoms with Gasteiger partial charge in [0.2, 0.25) is 0 Å². The van der Waals surface area contributed by atoms with Gasteiger partial charge in [-0.2, -0.15) is 0 Å². The molecule has 1 unspecified atom stereocenters. The number of tetrazole rings is 1. The molecule has 0 amide bonds. The highest BCUT2D eigenvalue weighted by molar-refractivity contribution is 9.10. The van der Waals surface area contributed by atoms with Gasteiger partial charge < -0.3 is 9.15 Å². The molecule has 0 aliphatic heterocycles. The van der Waals surface area contributed by atoms with Crippen molar-refractivity contribution in [1.29, 1.82) is 0 Å². The van der Waals surface area contributed by atoms with E-state index >= 15 is 0 Å². The summed E-state index contributed by atoms with van der Waals surface area (Å²) in [6, 6.07) is 9.66. The Kier molecular flexibility index (Phi) is 6.00. The van der Waals surface area contributed by atoms with Crippen molar-refractivity contribution in [3.05, 3.63) is 69.2 Å². The molecule has 0 saturated carbocycles. The number of nitrogens with zero attached hydrogens (tertiary/aromatic N) is 4. The monoisotopic (exact) mass is 545 g/mol. The third kappa shape index (κ3) is 3.97. The number of ketones is 1. The summed E-state index contributed by atoms with van der Waals surface area (Å²) in [5.74, 6) is 2.02. The van der Waals surface area contributed by atoms with Crippen molar-refractivity contribution in [2.24, 2.45) is 5.92 Å². The molecule has 8 nitrogen and oxygen atoms in total. The van der Waals surface area contributed by atoms with Crippen LogP contribution in [0, 0.1) is 5.92 Å². The van der Waals surface area contributed by atoms with Gasteiger partial charge in [0.25, 0.3) is 0 Å². The third-order valence-corrected chi connectivity index (χ3v) is 7.56. The van der Waals surface area contributed by atoms with Crippen LogP contribution in [0.15, 0.2) is 45.3 Å². The Hall–Kier alpha value is -3.59. The molecule has 3 heterocycles. The highest BCUT2D eigenvalue weighted by atomic mass is 79.9. The van der Waals surface area contributed by atoms with Crippen molar-refractivity contribution in [3.8, 4) is 28.5 Å². The van der Waals surface area contributed by atoms with Crippen LogP contribution in [-0.4, -0.2) is 38.0 Å². The molecule has 6 rings (SSSR count). The standard InChI is InChI=1S/C27H24BrN5O3/c1-2-16-13-22(19-9-5-6-10-20(19)29-16)35-14-15-11-12-21-23(25(15)34)24(28)26(36-21)17-7-3-4-8-18(17)27-30-32-33-31-27/h3-4,7-8,11-13,15H,2,5-6,9-10,14H2,1H3,(H,30,31,32,33). The number of furan rings is 1. The average Bonchev–Trinajstić information content (AvgIpc) is 3.56. The molecule has 1 aromatic carbocycles. The number of H-pyrrole nitrogens is 1. The van der Waals surface area contributed by atoms with E-state index in [1.54, 1.807) is 0 Å². The van der Waals surface area contributed by atoms with Gasteiger partial charge in [0.1, 0.15) is 23.9 Å². The lowest BCUT2D eigenvalue weighted by molar-refractivity contribution is 0.0906. The van der Waals surface area contributed by atoms with E-state index in [0.717, 1.165) is 60.4 Å². The van der Waals surface area contributed by atoms with Crippen LogP contribution in [0.25, 0.3) is 28.8 Å². The SMILES string of the molecule is CCc1cc(OCC2C=Cc3oc(-c4ccccc4-c4nnn[nH]4)c(Br)c3C2=O)c2c(n1)CCCC2. The molecule has 1 atom stereocenters. The first kappa shape index (κ1) is 22.8. The quantitative estimate of drug-likeness (QED) is 0.334. The number of rotatable bonds is 6. The molecule has 0 fully saturated rings. The van der Waals surface area contributed by atoms with E-state index in [4.69, 9.17) is 14.1 Å². The maximum absolute atomic E-state index is 13.6. The molecular formula is C27H24BrN5O3. The van der Waals surface area contributed by atoms with E-state index in [-0.39, 0.29) is 12.4 Å². The number of pyridine rings is 1. The van der Waals surface area contributed by atoms with E-state index in [2.05, 4.69) is 43.5 Å². The fourth-order valence-electron chi connectivity index (χ4n) is 4.93. The van der Waals surface area contributed by atoms with Crippen molar-refractivity contribution in [2.45, 2.75) is 39.0 Å². The van der Waals surface area contributed by atoms with Gasteiger partial charge in [0.15, 0.2) is 11.6 Å². The van der Waals surface area contributed by atoms with Crippen LogP contribution in [0.4, 0.5) is 0 Å². The van der Waals surface area contributed by atoms with Crippen LogP contribution in [0.5, 0.6) is 5.75 Å². The fraction of sp³-hybridized carbons (Fsp3) is 0.296. The Morgan fingerprint density at radius 1 is 1.19 bits per heavy atom. The molecule has 3 aromatic heterocycles. The van der Waals surface area contributed by atoms with Gasteiger partial charge in [-0.25, -0.2) is 5.10 Å². The lowest BCUT2D eigenvalue weighted by Crippen LogP contribution is -2.23. The summed E-state index contributed by atoms with van der Waals surface area (Å²) in [5, 5.41) is 14.2. The third-order valence-electron chi connectivity index (χ3n) is 6.81. The number of fused-ring (bicyclic) bond motifs is 2. The number of ether oxygens (including phenoxy) is 1. The van der Waals surface area contributed by atoms with E-state index < -0.39 is 5.92 Å². The van der Waals surface area contributed by atoms with Crippen molar-refractivity contribution < 1.29 is 13.9 Å². The van der Waals surface area contributed by atoms with Gasteiger partial charge in [-0.05, 0) is 64.5 Å². The molecule has 0 bridgehead atoms. The van der Waals surface area contributed by atoms with Crippen molar-refractivity contribution in [3.63, 3.8) is 0 Å². The number of hydrogen-bond donors (Lipinski definition) is 1. The van der Waals surface area contributed by atoms with Crippen molar-refractivity contribution in [1.82, 2.24) is 25.6 Å². The Morgan fingerprint density at radius 3 is 2.83 bits per heavy atom. The van der Waals surface area contributed by atoms with Gasteiger partial charge >= 0.3 is 0 Å². The first-order valence-electron chi connectivity index (χ1n) is 12.2. The second kappa shape index (κ2) is 9.46. The molecule has 1 N–H and O–H groups in total. The lowest BCUT2D eigenvalue weighted by atomic mass is 9.92. The van der Waals surface area contributed by atoms with Crippen LogP contribution in [-0.2, 0) is 19.3 Å². The minimum absolute atomic E-state index is 0.0353. The number of aromatic nitrogens is 5. The first-order chi connectivity index (χ1) is 17.6. The summed E-state index contributed by atoms with van der Waals surface area (Å²) in [7, 11) is 0. The summed E-state index contributed by atoms with van der Waals surface area (Å²) < 4.78 is 13.1. The Bertz CT molecular complexity index is 1480. The second-order valence-electron chi connectivity index (χ2n) is 9.02. The molecule has 0 radical (unpaired) electrons. The zero-order valence-corrected chi connectivity index (χ0v) is 21.3. The smallest absolute Gasteiger partial charge is 0.180 e. The van der Waals surface area contributed by atoms with Crippen LogP contribution < -0.4 is 4.74 Å². The zero-order chi connectivity index (χ0) is 24.6. The van der Waals surface area contributed by atoms with Gasteiger partial charge in [-0.3, -0.25) is 9.78 Å². The normalized spacial score (nSPS) is 16.6. The minimum atomic E-state index is -0.412. The summed E-state index contributed by atoms with van der Waals surface area (Å²) in [6.07, 6.45) is 8.83. The van der Waals surface area contributed by atoms with Crippen LogP contribution in [0.1, 0.15) is 52.8 Å². The minimum Gasteiger partial charge on any atom is -0.492 e. The maximum Gasteiger partial charge on any atom is 0.180 e. The largest absolute Gasteiger partial charge is 0.492 e. The number of hydrogen-bond acceptors (Lipinski definition) is 7. The zero-order valence-electron chi connectivity index (χ0n) is 19.8. The molecule has 9 heteroatoms. The lowest BCUT2D eigenvalue weighted by Gasteiger charge is -2.22. The number of benzene rings is 1. The molecular weight excluding hydrogens is 522 g/mol. The maximum atomic E-state index is 13.6. The molecule has 182 valence electrons. The number of carbonyl (C=O) groups is 1. The highest BCUT2D eigenvalue weighted by Gasteiger charge is 2.33. The van der Waals surface area contributed by atoms with E-state index in [9.17, 15) is 4.79 Å². The van der Waals surface area contributed by atoms with Crippen molar-refractivity contribution >= 4 is 27.8 Å². The van der Waals surface area contributed by atoms with Crippen LogP contribution in [0.3, 0.4) is 0 Å². The molecule has 2 aliphatic rings. The Labute approximate surface area is 216 Å². The van der Waals surface area contributed by atoms with Gasteiger partial charge in [0, 0.05) is 34.1 Å². The van der Waals surface area contributed by atoms with Gasteiger partial charge in [-0.1, -0.05) is 37.3 Å². The predicted octanol–water partition coefficient (Wildman–Crippen LogP) is 5.63. The second-order valence-corrected chi connectivity index (χ2v) is 9.81. The predicted molar refractivity (Wildman–Crippen MR) is 138 cm³/mol. The number of Topliss-reactive ketones (excluding diaryl/α,β-unsaturated/α-hetero) is 1. The van der Waals surface area contributed by atoms with E-state index in [1.807, 2.05) is 42.5 Å². The number of aryl methyl sites for hydroxylation is 2. The number of carbonyl (C=O) groups excluding carboxylic acids is 1. The summed E-state index contributed by atoms with van der Waals surface area (Å²) in [5.41, 5.74) is 5.45. The van der Waals surface area contributed by atoms with Crippen LogP contribution >= 0.6 is 15.9 Å². The summed E-state index contributed by atoms with van der Waals surface area (Å²) in [6.45, 7) is 2.36. The van der Waals surface area contributed by atoms with E-state index in [1.165, 1.54) is 5.56 Å². The molecule has 36 heavy (non-hydrogen) atoms. The van der Waals surface area contributed by atoms with Gasteiger partial charge in [0.05, 0.1) is 16.0 Å². The highest BCUT2D eigenvalue weighted by Crippen LogP contribution is 2.42. The number of aromatic amines is 1. The summed E-state index contributed by atoms with van der Waals surface area (Å²) >= 11 is 3.64. The molecule has 0 spiro atoms. The average molecular weight is 546 g/mol.